The van der Waals surface area contributed by atoms with Gasteiger partial charge < -0.3 is 30.3 Å². The standard InChI is InChI=1S/C16H36BNO3.2C3H6O2/c1-3-5-7-9-11-13-15-20-17(19)21-16(18)14-12-10-8-6-4-2;2*1-2-3(4)5/h16,19H,3-15,18H2,1-2H3;2*2H2,1H3,(H,4,5). The quantitative estimate of drug-likeness (QED) is 0.131. The first-order chi connectivity index (χ1) is 14.7. The van der Waals surface area contributed by atoms with E-state index in [4.69, 9.17) is 25.3 Å². The van der Waals surface area contributed by atoms with E-state index in [-0.39, 0.29) is 12.8 Å². The zero-order valence-electron chi connectivity index (χ0n) is 20.3. The van der Waals surface area contributed by atoms with Crippen molar-refractivity contribution >= 4 is 19.3 Å². The van der Waals surface area contributed by atoms with Gasteiger partial charge >= 0.3 is 19.3 Å². The molecular formula is C22H48BNO7. The lowest BCUT2D eigenvalue weighted by atomic mass is 10.1. The zero-order chi connectivity index (χ0) is 24.3. The minimum Gasteiger partial charge on any atom is -0.481 e. The molecule has 0 spiro atoms. The van der Waals surface area contributed by atoms with Gasteiger partial charge in [0.2, 0.25) is 0 Å². The molecule has 8 nitrogen and oxygen atoms in total. The Labute approximate surface area is 190 Å². The predicted molar refractivity (Wildman–Crippen MR) is 126 cm³/mol. The molecule has 186 valence electrons. The van der Waals surface area contributed by atoms with Gasteiger partial charge in [0.05, 0.1) is 6.23 Å². The van der Waals surface area contributed by atoms with Crippen molar-refractivity contribution in [3.8, 4) is 0 Å². The van der Waals surface area contributed by atoms with E-state index in [1.807, 2.05) is 0 Å². The molecule has 0 saturated carbocycles. The molecule has 1 atom stereocenters. The number of unbranched alkanes of at least 4 members (excludes halogenated alkanes) is 9. The molecule has 0 fully saturated rings. The van der Waals surface area contributed by atoms with Crippen LogP contribution in [0.4, 0.5) is 0 Å². The average molecular weight is 449 g/mol. The van der Waals surface area contributed by atoms with E-state index >= 15 is 0 Å². The van der Waals surface area contributed by atoms with Crippen LogP contribution in [0, 0.1) is 0 Å². The van der Waals surface area contributed by atoms with Crippen LogP contribution >= 0.6 is 0 Å². The largest absolute Gasteiger partial charge is 0.637 e. The fourth-order valence-corrected chi connectivity index (χ4v) is 2.27. The molecule has 0 rings (SSSR count). The molecule has 0 aliphatic heterocycles. The van der Waals surface area contributed by atoms with Crippen molar-refractivity contribution < 1.29 is 34.1 Å². The van der Waals surface area contributed by atoms with Gasteiger partial charge in [-0.25, -0.2) is 0 Å². The first-order valence-electron chi connectivity index (χ1n) is 11.9. The van der Waals surface area contributed by atoms with Gasteiger partial charge in [-0.1, -0.05) is 85.5 Å². The molecule has 5 N–H and O–H groups in total. The minimum atomic E-state index is -1.17. The summed E-state index contributed by atoms with van der Waals surface area (Å²) in [5, 5.41) is 25.0. The molecule has 0 aromatic carbocycles. The summed E-state index contributed by atoms with van der Waals surface area (Å²) >= 11 is 0. The van der Waals surface area contributed by atoms with Crippen molar-refractivity contribution in [3.05, 3.63) is 0 Å². The van der Waals surface area contributed by atoms with Gasteiger partial charge in [0.1, 0.15) is 0 Å². The van der Waals surface area contributed by atoms with Gasteiger partial charge in [0.25, 0.3) is 0 Å². The van der Waals surface area contributed by atoms with Gasteiger partial charge in [0.15, 0.2) is 0 Å². The van der Waals surface area contributed by atoms with Crippen LogP contribution in [0.3, 0.4) is 0 Å². The Kier molecular flexibility index (Phi) is 32.1. The Hall–Kier alpha value is -1.16. The first-order valence-corrected chi connectivity index (χ1v) is 11.9. The van der Waals surface area contributed by atoms with Crippen molar-refractivity contribution in [2.45, 2.75) is 124 Å². The van der Waals surface area contributed by atoms with Gasteiger partial charge in [-0.3, -0.25) is 9.59 Å². The van der Waals surface area contributed by atoms with Crippen LogP contribution < -0.4 is 5.73 Å². The van der Waals surface area contributed by atoms with E-state index in [0.717, 1.165) is 25.7 Å². The normalized spacial score (nSPS) is 10.9. The second kappa shape index (κ2) is 28.8. The van der Waals surface area contributed by atoms with Gasteiger partial charge in [-0.15, -0.1) is 0 Å². The van der Waals surface area contributed by atoms with E-state index in [0.29, 0.717) is 6.61 Å². The maximum absolute atomic E-state index is 9.58. The van der Waals surface area contributed by atoms with Crippen molar-refractivity contribution in [2.75, 3.05) is 6.61 Å². The summed E-state index contributed by atoms with van der Waals surface area (Å²) in [5.74, 6) is -1.49. The van der Waals surface area contributed by atoms with Crippen LogP contribution in [-0.2, 0) is 18.9 Å². The van der Waals surface area contributed by atoms with Crippen molar-refractivity contribution in [1.29, 1.82) is 0 Å². The number of hydrogen-bond acceptors (Lipinski definition) is 6. The highest BCUT2D eigenvalue weighted by molar-refractivity contribution is 6.34. The molecule has 0 aliphatic rings. The highest BCUT2D eigenvalue weighted by Gasteiger charge is 2.19. The first kappa shape index (κ1) is 34.5. The molecule has 0 heterocycles. The molecule has 0 radical (unpaired) electrons. The molecular weight excluding hydrogens is 401 g/mol. The summed E-state index contributed by atoms with van der Waals surface area (Å²) in [6, 6.07) is 0. The summed E-state index contributed by atoms with van der Waals surface area (Å²) in [6.45, 7) is 8.15. The highest BCUT2D eigenvalue weighted by atomic mass is 16.7. The molecule has 0 bridgehead atoms. The molecule has 9 heteroatoms. The molecule has 0 aromatic rings. The van der Waals surface area contributed by atoms with Crippen LogP contribution in [0.15, 0.2) is 0 Å². The van der Waals surface area contributed by atoms with Crippen molar-refractivity contribution in [2.24, 2.45) is 5.73 Å². The maximum atomic E-state index is 9.58. The number of rotatable bonds is 18. The van der Waals surface area contributed by atoms with Crippen LogP contribution in [0.5, 0.6) is 0 Å². The summed E-state index contributed by atoms with van der Waals surface area (Å²) in [7, 11) is -1.17. The number of aliphatic carboxylic acids is 2. The second-order valence-electron chi connectivity index (χ2n) is 7.32. The van der Waals surface area contributed by atoms with E-state index in [9.17, 15) is 14.6 Å². The second-order valence-corrected chi connectivity index (χ2v) is 7.32. The topological polar surface area (TPSA) is 139 Å². The predicted octanol–water partition coefficient (Wildman–Crippen LogP) is 4.96. The molecule has 0 aliphatic carbocycles. The van der Waals surface area contributed by atoms with E-state index in [1.165, 1.54) is 51.4 Å². The van der Waals surface area contributed by atoms with Crippen LogP contribution in [0.2, 0.25) is 0 Å². The molecule has 31 heavy (non-hydrogen) atoms. The molecule has 0 aromatic heterocycles. The number of carboxylic acid groups (broad SMARTS) is 2. The molecule has 0 amide bonds. The SMILES string of the molecule is CCC(=O)O.CCC(=O)O.CCCCCCCCOB(O)OC(N)CCCCCCC. The number of carboxylic acids is 2. The average Bonchev–Trinajstić information content (AvgIpc) is 2.73. The highest BCUT2D eigenvalue weighted by Crippen LogP contribution is 2.08. The lowest BCUT2D eigenvalue weighted by Gasteiger charge is -2.15. The monoisotopic (exact) mass is 449 g/mol. The Morgan fingerprint density at radius 2 is 1.16 bits per heavy atom. The number of hydrogen-bond donors (Lipinski definition) is 4. The maximum Gasteiger partial charge on any atom is 0.637 e. The summed E-state index contributed by atoms with van der Waals surface area (Å²) in [4.78, 5) is 18.7. The minimum absolute atomic E-state index is 0.222. The summed E-state index contributed by atoms with van der Waals surface area (Å²) < 4.78 is 10.4. The lowest BCUT2D eigenvalue weighted by Crippen LogP contribution is -2.34. The smallest absolute Gasteiger partial charge is 0.481 e. The fourth-order valence-electron chi connectivity index (χ4n) is 2.27. The Morgan fingerprint density at radius 1 is 0.774 bits per heavy atom. The lowest BCUT2D eigenvalue weighted by molar-refractivity contribution is -0.137. The molecule has 0 saturated heterocycles. The Balaban J connectivity index is -0.000000646. The third-order valence-corrected chi connectivity index (χ3v) is 4.25. The number of carbonyl (C=O) groups is 2. The van der Waals surface area contributed by atoms with Crippen LogP contribution in [0.1, 0.15) is 118 Å². The Morgan fingerprint density at radius 3 is 1.58 bits per heavy atom. The third-order valence-electron chi connectivity index (χ3n) is 4.25. The molecule has 1 unspecified atom stereocenters. The zero-order valence-corrected chi connectivity index (χ0v) is 20.3. The summed E-state index contributed by atoms with van der Waals surface area (Å²) in [5.41, 5.74) is 5.81. The van der Waals surface area contributed by atoms with Crippen LogP contribution in [0.25, 0.3) is 0 Å². The van der Waals surface area contributed by atoms with Crippen LogP contribution in [-0.4, -0.2) is 47.3 Å². The van der Waals surface area contributed by atoms with E-state index in [2.05, 4.69) is 13.8 Å². The Bertz CT molecular complexity index is 373. The van der Waals surface area contributed by atoms with Gasteiger partial charge in [0, 0.05) is 19.4 Å². The third kappa shape index (κ3) is 39.8. The van der Waals surface area contributed by atoms with Crippen molar-refractivity contribution in [3.63, 3.8) is 0 Å². The number of nitrogens with two attached hydrogens (primary N) is 1. The van der Waals surface area contributed by atoms with Gasteiger partial charge in [-0.05, 0) is 19.3 Å². The fraction of sp³-hybridized carbons (Fsp3) is 0.909. The summed E-state index contributed by atoms with van der Waals surface area (Å²) in [6.07, 6.45) is 14.0. The van der Waals surface area contributed by atoms with Crippen molar-refractivity contribution in [1.82, 2.24) is 0 Å². The van der Waals surface area contributed by atoms with E-state index < -0.39 is 25.5 Å². The van der Waals surface area contributed by atoms with E-state index in [1.54, 1.807) is 13.8 Å². The van der Waals surface area contributed by atoms with Gasteiger partial charge in [-0.2, -0.15) is 0 Å².